The molecule has 0 saturated carbocycles. The molecule has 1 unspecified atom stereocenters. The Kier molecular flexibility index (Phi) is 8.14. The molecule has 1 atom stereocenters. The first-order valence-electron chi connectivity index (χ1n) is 13.1. The number of rotatable bonds is 7. The minimum Gasteiger partial charge on any atom is -0.341 e. The van der Waals surface area contributed by atoms with Crippen LogP contribution in [0, 0.1) is 13.8 Å². The van der Waals surface area contributed by atoms with E-state index in [0.717, 1.165) is 38.8 Å². The molecule has 0 aromatic heterocycles. The lowest BCUT2D eigenvalue weighted by molar-refractivity contribution is -0.129. The summed E-state index contributed by atoms with van der Waals surface area (Å²) in [6.07, 6.45) is 0.185. The first kappa shape index (κ1) is 27.7. The number of anilines is 1. The number of aliphatic imine (C=N–C) groups is 1. The van der Waals surface area contributed by atoms with Crippen LogP contribution in [0.5, 0.6) is 0 Å². The van der Waals surface area contributed by atoms with Gasteiger partial charge in [0, 0.05) is 30.0 Å². The van der Waals surface area contributed by atoms with Crippen molar-refractivity contribution in [3.05, 3.63) is 122 Å². The van der Waals surface area contributed by atoms with Crippen molar-refractivity contribution in [3.8, 4) is 0 Å². The highest BCUT2D eigenvalue weighted by molar-refractivity contribution is 8.16. The van der Waals surface area contributed by atoms with Crippen LogP contribution in [-0.2, 0) is 16.1 Å². The molecule has 1 N–H and O–H groups in total. The summed E-state index contributed by atoms with van der Waals surface area (Å²) >= 11 is 7.70. The number of hydrogen-bond acceptors (Lipinski definition) is 5. The van der Waals surface area contributed by atoms with Gasteiger partial charge < -0.3 is 15.1 Å². The Morgan fingerprint density at radius 2 is 1.75 bits per heavy atom. The van der Waals surface area contributed by atoms with Crippen molar-refractivity contribution in [1.29, 1.82) is 0 Å². The summed E-state index contributed by atoms with van der Waals surface area (Å²) in [5, 5.41) is 6.43. The van der Waals surface area contributed by atoms with Gasteiger partial charge in [0.05, 0.1) is 23.7 Å². The largest absolute Gasteiger partial charge is 0.341 e. The van der Waals surface area contributed by atoms with Crippen LogP contribution in [0.25, 0.3) is 0 Å². The molecule has 0 saturated heterocycles. The number of hydrogen-bond donors (Lipinski definition) is 1. The molecule has 8 heteroatoms. The fourth-order valence-corrected chi connectivity index (χ4v) is 6.09. The van der Waals surface area contributed by atoms with Gasteiger partial charge in [0.2, 0.25) is 5.91 Å². The molecule has 2 heterocycles. The van der Waals surface area contributed by atoms with Crippen LogP contribution >= 0.6 is 23.4 Å². The topological polar surface area (TPSA) is 65.0 Å². The molecule has 0 bridgehead atoms. The van der Waals surface area contributed by atoms with E-state index < -0.39 is 6.04 Å². The molecule has 204 valence electrons. The lowest BCUT2D eigenvalue weighted by Crippen LogP contribution is -2.39. The Bertz CT molecular complexity index is 1550. The molecule has 2 aliphatic heterocycles. The van der Waals surface area contributed by atoms with Gasteiger partial charge in [0.15, 0.2) is 5.17 Å². The molecule has 0 spiro atoms. The Morgan fingerprint density at radius 1 is 1.02 bits per heavy atom. The molecular weight excluding hydrogens is 540 g/mol. The van der Waals surface area contributed by atoms with Crippen LogP contribution in [0.1, 0.15) is 41.6 Å². The number of carbonyl (C=O) groups is 2. The lowest BCUT2D eigenvalue weighted by Gasteiger charge is -2.37. The van der Waals surface area contributed by atoms with Gasteiger partial charge in [-0.3, -0.25) is 9.59 Å². The van der Waals surface area contributed by atoms with Gasteiger partial charge in [-0.2, -0.15) is 0 Å². The third-order valence-electron chi connectivity index (χ3n) is 7.08. The zero-order chi connectivity index (χ0) is 28.4. The zero-order valence-corrected chi connectivity index (χ0v) is 24.5. The average Bonchev–Trinajstić information content (AvgIpc) is 3.32. The van der Waals surface area contributed by atoms with Crippen LogP contribution in [0.3, 0.4) is 0 Å². The van der Waals surface area contributed by atoms with Crippen LogP contribution in [0.2, 0.25) is 5.02 Å². The number of amidine groups is 1. The van der Waals surface area contributed by atoms with Crippen molar-refractivity contribution in [3.63, 3.8) is 0 Å². The Labute approximate surface area is 244 Å². The van der Waals surface area contributed by atoms with Crippen molar-refractivity contribution in [2.75, 3.05) is 12.4 Å². The number of aryl methyl sites for hydroxylation is 2. The third kappa shape index (κ3) is 5.86. The molecule has 2 aliphatic rings. The number of nitrogens with zero attached hydrogens (tertiary/aromatic N) is 3. The van der Waals surface area contributed by atoms with Gasteiger partial charge in [-0.15, -0.1) is 0 Å². The molecular formula is C32H31ClN4O2S. The molecule has 5 rings (SSSR count). The minimum atomic E-state index is -0.469. The maximum atomic E-state index is 13.9. The summed E-state index contributed by atoms with van der Waals surface area (Å²) in [6.45, 7) is 6.38. The molecule has 0 aliphatic carbocycles. The lowest BCUT2D eigenvalue weighted by atomic mass is 9.93. The van der Waals surface area contributed by atoms with E-state index in [2.05, 4.69) is 5.32 Å². The van der Waals surface area contributed by atoms with E-state index >= 15 is 0 Å². The first-order valence-corrected chi connectivity index (χ1v) is 14.3. The van der Waals surface area contributed by atoms with Crippen LogP contribution in [0.15, 0.2) is 100 Å². The second-order valence-electron chi connectivity index (χ2n) is 10.1. The summed E-state index contributed by atoms with van der Waals surface area (Å²) in [4.78, 5) is 35.8. The average molecular weight is 571 g/mol. The molecule has 6 nitrogen and oxygen atoms in total. The fraction of sp³-hybridized carbons (Fsp3) is 0.219. The highest BCUT2D eigenvalue weighted by atomic mass is 35.5. The van der Waals surface area contributed by atoms with Crippen LogP contribution in [-0.4, -0.2) is 33.8 Å². The van der Waals surface area contributed by atoms with Crippen LogP contribution < -0.4 is 5.32 Å². The molecule has 0 radical (unpaired) electrons. The number of benzene rings is 3. The summed E-state index contributed by atoms with van der Waals surface area (Å²) in [7, 11) is 1.81. The second kappa shape index (κ2) is 11.7. The number of amides is 2. The molecule has 2 amide bonds. The summed E-state index contributed by atoms with van der Waals surface area (Å²) < 4.78 is 0. The molecule has 40 heavy (non-hydrogen) atoms. The van der Waals surface area contributed by atoms with Gasteiger partial charge in [-0.1, -0.05) is 83.5 Å². The highest BCUT2D eigenvalue weighted by Crippen LogP contribution is 2.45. The van der Waals surface area contributed by atoms with E-state index in [4.69, 9.17) is 16.6 Å². The van der Waals surface area contributed by atoms with Crippen LogP contribution in [0.4, 0.5) is 5.69 Å². The first-order chi connectivity index (χ1) is 19.2. The molecule has 0 fully saturated rings. The van der Waals surface area contributed by atoms with Crippen molar-refractivity contribution >= 4 is 46.0 Å². The van der Waals surface area contributed by atoms with Gasteiger partial charge in [0.25, 0.3) is 5.91 Å². The van der Waals surface area contributed by atoms with E-state index in [9.17, 15) is 9.59 Å². The Morgan fingerprint density at radius 3 is 2.45 bits per heavy atom. The second-order valence-corrected chi connectivity index (χ2v) is 11.4. The maximum Gasteiger partial charge on any atom is 0.255 e. The van der Waals surface area contributed by atoms with Gasteiger partial charge in [-0.05, 0) is 61.1 Å². The summed E-state index contributed by atoms with van der Waals surface area (Å²) in [5.41, 5.74) is 6.80. The quantitative estimate of drug-likeness (QED) is 0.326. The van der Waals surface area contributed by atoms with E-state index in [1.807, 2.05) is 111 Å². The fourth-order valence-electron chi connectivity index (χ4n) is 5.00. The summed E-state index contributed by atoms with van der Waals surface area (Å²) in [6, 6.07) is 22.9. The molecule has 3 aromatic rings. The Hall–Kier alpha value is -3.81. The number of nitrogens with one attached hydrogen (secondary N) is 1. The predicted octanol–water partition coefficient (Wildman–Crippen LogP) is 7.22. The van der Waals surface area contributed by atoms with Crippen molar-refractivity contribution in [2.45, 2.75) is 39.8 Å². The third-order valence-corrected chi connectivity index (χ3v) is 8.22. The minimum absolute atomic E-state index is 0.0145. The number of carbonyl (C=O) groups excluding carboxylic acids is 2. The van der Waals surface area contributed by atoms with Gasteiger partial charge in [-0.25, -0.2) is 4.99 Å². The monoisotopic (exact) mass is 570 g/mol. The predicted molar refractivity (Wildman–Crippen MR) is 164 cm³/mol. The van der Waals surface area contributed by atoms with E-state index in [0.29, 0.717) is 22.8 Å². The van der Waals surface area contributed by atoms with E-state index in [1.54, 1.807) is 4.90 Å². The number of fused-ring (bicyclic) bond motifs is 1. The number of halogens is 1. The zero-order valence-electron chi connectivity index (χ0n) is 22.9. The number of allylic oxidation sites excluding steroid dienone is 1. The standard InChI is InChI=1S/C32H31ClN4O2S/c1-20-10-15-27(21(2)16-20)35-31(39)29-22(3)34-32-37(30(29)24-11-13-25(33)14-12-24)26(19-40-32)17-28(38)36(4)18-23-8-6-5-7-9-23/h5-16,19,30H,17-18H2,1-4H3,(H,35,39). The van der Waals surface area contributed by atoms with E-state index in [1.165, 1.54) is 11.8 Å². The Balaban J connectivity index is 1.46. The summed E-state index contributed by atoms with van der Waals surface area (Å²) in [5.74, 6) is -0.240. The van der Waals surface area contributed by atoms with E-state index in [-0.39, 0.29) is 18.2 Å². The van der Waals surface area contributed by atoms with Gasteiger partial charge in [0.1, 0.15) is 0 Å². The van der Waals surface area contributed by atoms with Crippen molar-refractivity contribution in [1.82, 2.24) is 9.80 Å². The highest BCUT2D eigenvalue weighted by Gasteiger charge is 2.40. The van der Waals surface area contributed by atoms with Crippen molar-refractivity contribution in [2.24, 2.45) is 4.99 Å². The van der Waals surface area contributed by atoms with Crippen molar-refractivity contribution < 1.29 is 9.59 Å². The maximum absolute atomic E-state index is 13.9. The van der Waals surface area contributed by atoms with Gasteiger partial charge >= 0.3 is 0 Å². The number of thioether (sulfide) groups is 1. The normalized spacial score (nSPS) is 16.3. The SMILES string of the molecule is CC1=C(C(=O)Nc2ccc(C)cc2C)C(c2ccc(Cl)cc2)N2C(CC(=O)N(C)Cc3ccccc3)=CSC2=N1. The smallest absolute Gasteiger partial charge is 0.255 e. The molecule has 3 aromatic carbocycles.